The van der Waals surface area contributed by atoms with Crippen molar-refractivity contribution in [1.82, 2.24) is 9.78 Å². The molecule has 1 aliphatic carbocycles. The molecule has 0 saturated heterocycles. The van der Waals surface area contributed by atoms with E-state index in [0.717, 1.165) is 33.2 Å². The first-order chi connectivity index (χ1) is 15.9. The number of halogens is 1. The molecule has 0 spiro atoms. The molecule has 1 aromatic heterocycles. The van der Waals surface area contributed by atoms with E-state index in [-0.39, 0.29) is 18.3 Å². The highest BCUT2D eigenvalue weighted by Crippen LogP contribution is 2.40. The molecule has 3 aromatic carbocycles. The highest BCUT2D eigenvalue weighted by Gasteiger charge is 2.27. The van der Waals surface area contributed by atoms with E-state index >= 15 is 0 Å². The van der Waals surface area contributed by atoms with Gasteiger partial charge in [-0.25, -0.2) is 4.39 Å². The van der Waals surface area contributed by atoms with Crippen molar-refractivity contribution in [2.24, 2.45) is 7.05 Å². The van der Waals surface area contributed by atoms with Gasteiger partial charge in [0.2, 0.25) is 0 Å². The maximum atomic E-state index is 14.2. The fourth-order valence-electron chi connectivity index (χ4n) is 4.60. The Labute approximate surface area is 190 Å². The van der Waals surface area contributed by atoms with Crippen molar-refractivity contribution in [3.8, 4) is 16.9 Å². The van der Waals surface area contributed by atoms with Gasteiger partial charge in [-0.2, -0.15) is 5.10 Å². The van der Waals surface area contributed by atoms with Crippen LogP contribution in [-0.4, -0.2) is 27.0 Å². The number of aryl methyl sites for hydroxylation is 2. The van der Waals surface area contributed by atoms with E-state index in [1.165, 1.54) is 6.07 Å². The molecule has 5 rings (SSSR count). The van der Waals surface area contributed by atoms with E-state index < -0.39 is 5.97 Å². The third-order valence-corrected chi connectivity index (χ3v) is 6.24. The quantitative estimate of drug-likeness (QED) is 0.426. The van der Waals surface area contributed by atoms with Gasteiger partial charge in [-0.05, 0) is 59.0 Å². The number of aromatic nitrogens is 2. The van der Waals surface area contributed by atoms with E-state index in [4.69, 9.17) is 15.6 Å². The van der Waals surface area contributed by atoms with Gasteiger partial charge in [-0.1, -0.05) is 18.2 Å². The van der Waals surface area contributed by atoms with Gasteiger partial charge in [0.05, 0.1) is 17.4 Å². The number of rotatable bonds is 6. The van der Waals surface area contributed by atoms with Crippen LogP contribution in [0.15, 0.2) is 54.7 Å². The minimum atomic E-state index is -0.863. The summed E-state index contributed by atoms with van der Waals surface area (Å²) in [7, 11) is 1.89. The topological polar surface area (TPSA) is 90.4 Å². The number of nitrogens with zero attached hydrogens (tertiary/aromatic N) is 2. The molecule has 1 atom stereocenters. The highest BCUT2D eigenvalue weighted by molar-refractivity contribution is 5.87. The predicted octanol–water partition coefficient (Wildman–Crippen LogP) is 4.53. The van der Waals surface area contributed by atoms with Gasteiger partial charge in [0, 0.05) is 37.3 Å². The highest BCUT2D eigenvalue weighted by atomic mass is 19.1. The number of fused-ring (bicyclic) bond motifs is 2. The van der Waals surface area contributed by atoms with Crippen LogP contribution in [0.2, 0.25) is 0 Å². The molecule has 0 bridgehead atoms. The molecular formula is C26H24FN3O3. The number of hydrogen-bond donors (Lipinski definition) is 2. The number of aliphatic carboxylic acids is 1. The van der Waals surface area contributed by atoms with Crippen molar-refractivity contribution in [2.75, 3.05) is 5.73 Å². The Hall–Kier alpha value is -3.87. The van der Waals surface area contributed by atoms with Crippen LogP contribution in [-0.2, 0) is 31.1 Å². The summed E-state index contributed by atoms with van der Waals surface area (Å²) in [4.78, 5) is 11.1. The first kappa shape index (κ1) is 21.0. The van der Waals surface area contributed by atoms with Crippen molar-refractivity contribution in [2.45, 2.75) is 31.8 Å². The van der Waals surface area contributed by atoms with Gasteiger partial charge in [0.15, 0.2) is 0 Å². The largest absolute Gasteiger partial charge is 0.487 e. The van der Waals surface area contributed by atoms with Crippen LogP contribution in [0.1, 0.15) is 23.1 Å². The van der Waals surface area contributed by atoms with Crippen LogP contribution in [0.25, 0.3) is 22.0 Å². The molecule has 1 heterocycles. The van der Waals surface area contributed by atoms with Crippen LogP contribution < -0.4 is 10.5 Å². The normalized spacial score (nSPS) is 15.0. The standard InChI is InChI=1S/C26H24FN3O3/c1-30-24-7-6-17(11-18(24)14-29-30)21-9-15(5-8-25(31)32)10-23(28)26(21)33-19-12-16-3-2-4-22(27)20(16)13-19/h2-4,6-7,9-11,14,19H,5,8,12-13,28H2,1H3,(H,31,32). The van der Waals surface area contributed by atoms with Crippen LogP contribution in [0, 0.1) is 5.82 Å². The second-order valence-corrected chi connectivity index (χ2v) is 8.52. The molecule has 6 nitrogen and oxygen atoms in total. The Morgan fingerprint density at radius 1 is 1.24 bits per heavy atom. The molecule has 0 amide bonds. The molecule has 0 fully saturated rings. The zero-order chi connectivity index (χ0) is 23.1. The smallest absolute Gasteiger partial charge is 0.303 e. The summed E-state index contributed by atoms with van der Waals surface area (Å²) in [6.45, 7) is 0. The van der Waals surface area contributed by atoms with Crippen molar-refractivity contribution in [1.29, 1.82) is 0 Å². The SMILES string of the molecule is Cn1ncc2cc(-c3cc(CCC(=O)O)cc(N)c3OC3Cc4cccc(F)c4C3)ccc21. The minimum absolute atomic E-state index is 0.0118. The number of carboxylic acids is 1. The molecule has 0 aliphatic heterocycles. The molecule has 1 unspecified atom stereocenters. The van der Waals surface area contributed by atoms with Crippen LogP contribution in [0.3, 0.4) is 0 Å². The number of nitrogen functional groups attached to an aromatic ring is 1. The summed E-state index contributed by atoms with van der Waals surface area (Å²) >= 11 is 0. The Morgan fingerprint density at radius 3 is 2.88 bits per heavy atom. The lowest BCUT2D eigenvalue weighted by molar-refractivity contribution is -0.136. The lowest BCUT2D eigenvalue weighted by atomic mass is 9.97. The molecule has 3 N–H and O–H groups in total. The van der Waals surface area contributed by atoms with E-state index in [0.29, 0.717) is 36.3 Å². The van der Waals surface area contributed by atoms with Gasteiger partial charge in [0.25, 0.3) is 0 Å². The molecule has 1 aliphatic rings. The molecule has 33 heavy (non-hydrogen) atoms. The molecule has 0 saturated carbocycles. The monoisotopic (exact) mass is 445 g/mol. The lowest BCUT2D eigenvalue weighted by Crippen LogP contribution is -2.18. The van der Waals surface area contributed by atoms with E-state index in [9.17, 15) is 9.18 Å². The summed E-state index contributed by atoms with van der Waals surface area (Å²) in [6.07, 6.45) is 3.02. The van der Waals surface area contributed by atoms with Crippen molar-refractivity contribution in [3.63, 3.8) is 0 Å². The van der Waals surface area contributed by atoms with Gasteiger partial charge in [-0.3, -0.25) is 9.48 Å². The van der Waals surface area contributed by atoms with E-state index in [1.807, 2.05) is 37.4 Å². The van der Waals surface area contributed by atoms with Crippen molar-refractivity contribution < 1.29 is 19.0 Å². The Bertz CT molecular complexity index is 1380. The summed E-state index contributed by atoms with van der Waals surface area (Å²) in [5.41, 5.74) is 12.0. The second-order valence-electron chi connectivity index (χ2n) is 8.52. The van der Waals surface area contributed by atoms with Crippen molar-refractivity contribution in [3.05, 3.63) is 77.2 Å². The Balaban J connectivity index is 1.54. The number of benzene rings is 3. The number of ether oxygens (including phenoxy) is 1. The lowest BCUT2D eigenvalue weighted by Gasteiger charge is -2.20. The third-order valence-electron chi connectivity index (χ3n) is 6.24. The van der Waals surface area contributed by atoms with Crippen LogP contribution in [0.4, 0.5) is 10.1 Å². The molecular weight excluding hydrogens is 421 g/mol. The summed E-state index contributed by atoms with van der Waals surface area (Å²) in [6, 6.07) is 14.8. The van der Waals surface area contributed by atoms with Crippen LogP contribution in [0.5, 0.6) is 5.75 Å². The zero-order valence-electron chi connectivity index (χ0n) is 18.2. The van der Waals surface area contributed by atoms with Gasteiger partial charge in [-0.15, -0.1) is 0 Å². The molecule has 7 heteroatoms. The third kappa shape index (κ3) is 4.02. The number of anilines is 1. The zero-order valence-corrected chi connectivity index (χ0v) is 18.2. The minimum Gasteiger partial charge on any atom is -0.487 e. The molecule has 168 valence electrons. The maximum Gasteiger partial charge on any atom is 0.303 e. The molecule has 0 radical (unpaired) electrons. The van der Waals surface area contributed by atoms with Gasteiger partial charge < -0.3 is 15.6 Å². The summed E-state index contributed by atoms with van der Waals surface area (Å²) in [5.74, 6) is -0.536. The fourth-order valence-corrected chi connectivity index (χ4v) is 4.60. The summed E-state index contributed by atoms with van der Waals surface area (Å²) < 4.78 is 22.4. The van der Waals surface area contributed by atoms with Gasteiger partial charge in [0.1, 0.15) is 17.7 Å². The van der Waals surface area contributed by atoms with Gasteiger partial charge >= 0.3 is 5.97 Å². The summed E-state index contributed by atoms with van der Waals surface area (Å²) in [5, 5.41) is 14.4. The maximum absolute atomic E-state index is 14.2. The van der Waals surface area contributed by atoms with E-state index in [1.54, 1.807) is 23.0 Å². The number of hydrogen-bond acceptors (Lipinski definition) is 4. The van der Waals surface area contributed by atoms with Crippen molar-refractivity contribution >= 4 is 22.6 Å². The molecule has 4 aromatic rings. The van der Waals surface area contributed by atoms with E-state index in [2.05, 4.69) is 5.10 Å². The Kier molecular flexibility index (Phi) is 5.24. The fraction of sp³-hybridized carbons (Fsp3) is 0.231. The first-order valence-corrected chi connectivity index (χ1v) is 10.9. The first-order valence-electron chi connectivity index (χ1n) is 10.9. The second kappa shape index (κ2) is 8.24. The van der Waals surface area contributed by atoms with Crippen LogP contribution >= 0.6 is 0 Å². The average Bonchev–Trinajstić information content (AvgIpc) is 3.37. The Morgan fingerprint density at radius 2 is 2.09 bits per heavy atom. The average molecular weight is 445 g/mol. The number of carbonyl (C=O) groups is 1. The number of nitrogens with two attached hydrogens (primary N) is 1. The predicted molar refractivity (Wildman–Crippen MR) is 125 cm³/mol. The number of carboxylic acid groups (broad SMARTS) is 1.